The van der Waals surface area contributed by atoms with E-state index in [9.17, 15) is 20.0 Å². The molecular weight excluding hydrogens is 258 g/mol. The van der Waals surface area contributed by atoms with Gasteiger partial charge < -0.3 is 5.11 Å². The lowest BCUT2D eigenvalue weighted by molar-refractivity contribution is -0.384. The third-order valence-electron chi connectivity index (χ3n) is 4.18. The number of non-ortho nitro benzene ring substituents is 1. The van der Waals surface area contributed by atoms with Gasteiger partial charge in [-0.05, 0) is 37.2 Å². The first kappa shape index (κ1) is 14.5. The van der Waals surface area contributed by atoms with Crippen molar-refractivity contribution >= 4 is 11.7 Å². The van der Waals surface area contributed by atoms with E-state index in [1.807, 2.05) is 0 Å². The van der Waals surface area contributed by atoms with Gasteiger partial charge in [-0.2, -0.15) is 0 Å². The number of hydrogen-bond donors (Lipinski definition) is 1. The number of benzene rings is 1. The van der Waals surface area contributed by atoms with E-state index in [0.29, 0.717) is 18.8 Å². The molecule has 1 saturated carbocycles. The smallest absolute Gasteiger partial charge is 0.306 e. The largest absolute Gasteiger partial charge is 0.481 e. The molecule has 0 amide bonds. The molecule has 1 aromatic carbocycles. The van der Waals surface area contributed by atoms with Crippen LogP contribution in [0.15, 0.2) is 24.3 Å². The van der Waals surface area contributed by atoms with Gasteiger partial charge >= 0.3 is 5.97 Å². The van der Waals surface area contributed by atoms with Crippen LogP contribution in [0.4, 0.5) is 5.69 Å². The Morgan fingerprint density at radius 1 is 1.30 bits per heavy atom. The zero-order valence-corrected chi connectivity index (χ0v) is 11.3. The van der Waals surface area contributed by atoms with Crippen molar-refractivity contribution in [3.8, 4) is 0 Å². The first-order valence-electron chi connectivity index (χ1n) is 7.04. The molecular formula is C15H19NO4. The maximum atomic E-state index is 11.4. The molecule has 0 heterocycles. The van der Waals surface area contributed by atoms with E-state index < -0.39 is 10.9 Å². The molecule has 1 atom stereocenters. The van der Waals surface area contributed by atoms with Crippen LogP contribution >= 0.6 is 0 Å². The number of aryl methyl sites for hydroxylation is 1. The fourth-order valence-corrected chi connectivity index (χ4v) is 3.03. The second-order valence-corrected chi connectivity index (χ2v) is 5.45. The molecule has 1 aromatic rings. The lowest BCUT2D eigenvalue weighted by Crippen LogP contribution is -2.22. The molecule has 20 heavy (non-hydrogen) atoms. The molecule has 108 valence electrons. The fourth-order valence-electron chi connectivity index (χ4n) is 3.03. The highest BCUT2D eigenvalue weighted by molar-refractivity contribution is 5.70. The summed E-state index contributed by atoms with van der Waals surface area (Å²) in [5, 5.41) is 19.9. The third-order valence-corrected chi connectivity index (χ3v) is 4.18. The topological polar surface area (TPSA) is 80.4 Å². The molecule has 0 saturated heterocycles. The van der Waals surface area contributed by atoms with E-state index in [1.165, 1.54) is 12.1 Å². The van der Waals surface area contributed by atoms with E-state index in [1.54, 1.807) is 12.1 Å². The zero-order valence-electron chi connectivity index (χ0n) is 11.3. The number of carboxylic acids is 1. The Morgan fingerprint density at radius 3 is 2.40 bits per heavy atom. The summed E-state index contributed by atoms with van der Waals surface area (Å²) in [6.45, 7) is 0. The van der Waals surface area contributed by atoms with Crippen LogP contribution in [0.1, 0.15) is 37.7 Å². The molecule has 0 spiro atoms. The summed E-state index contributed by atoms with van der Waals surface area (Å²) >= 11 is 0. The lowest BCUT2D eigenvalue weighted by atomic mass is 9.86. The number of carboxylic acid groups (broad SMARTS) is 1. The SMILES string of the molecule is O=C(O)C(CCc1ccc([N+](=O)[O-])cc1)C1CCCC1. The van der Waals surface area contributed by atoms with Gasteiger partial charge in [-0.1, -0.05) is 25.0 Å². The first-order valence-corrected chi connectivity index (χ1v) is 7.04. The van der Waals surface area contributed by atoms with Crippen LogP contribution in [-0.2, 0) is 11.2 Å². The molecule has 0 bridgehead atoms. The Kier molecular flexibility index (Phi) is 4.71. The molecule has 5 heteroatoms. The number of nitrogens with zero attached hydrogens (tertiary/aromatic N) is 1. The van der Waals surface area contributed by atoms with Crippen molar-refractivity contribution < 1.29 is 14.8 Å². The van der Waals surface area contributed by atoms with E-state index >= 15 is 0 Å². The molecule has 1 fully saturated rings. The van der Waals surface area contributed by atoms with Crippen LogP contribution in [0.3, 0.4) is 0 Å². The number of hydrogen-bond acceptors (Lipinski definition) is 3. The summed E-state index contributed by atoms with van der Waals surface area (Å²) in [5.74, 6) is -0.697. The molecule has 1 N–H and O–H groups in total. The van der Waals surface area contributed by atoms with Crippen LogP contribution in [0.5, 0.6) is 0 Å². The van der Waals surface area contributed by atoms with Crippen molar-refractivity contribution in [1.29, 1.82) is 0 Å². The monoisotopic (exact) mass is 277 g/mol. The van der Waals surface area contributed by atoms with Gasteiger partial charge in [-0.3, -0.25) is 14.9 Å². The minimum absolute atomic E-state index is 0.0688. The Bertz CT molecular complexity index is 477. The van der Waals surface area contributed by atoms with Crippen LogP contribution in [-0.4, -0.2) is 16.0 Å². The highest BCUT2D eigenvalue weighted by Gasteiger charge is 2.29. The highest BCUT2D eigenvalue weighted by Crippen LogP contribution is 2.34. The molecule has 2 rings (SSSR count). The van der Waals surface area contributed by atoms with Gasteiger partial charge in [0.15, 0.2) is 0 Å². The predicted octanol–water partition coefficient (Wildman–Crippen LogP) is 3.42. The van der Waals surface area contributed by atoms with E-state index in [4.69, 9.17) is 0 Å². The van der Waals surface area contributed by atoms with Gasteiger partial charge in [0.05, 0.1) is 10.8 Å². The molecule has 0 aromatic heterocycles. The van der Waals surface area contributed by atoms with Crippen molar-refractivity contribution in [3.63, 3.8) is 0 Å². The maximum Gasteiger partial charge on any atom is 0.306 e. The van der Waals surface area contributed by atoms with Crippen LogP contribution in [0, 0.1) is 22.0 Å². The summed E-state index contributed by atoms with van der Waals surface area (Å²) in [6, 6.07) is 6.37. The quantitative estimate of drug-likeness (QED) is 0.638. The van der Waals surface area contributed by atoms with Gasteiger partial charge in [-0.25, -0.2) is 0 Å². The second kappa shape index (κ2) is 6.50. The summed E-state index contributed by atoms with van der Waals surface area (Å²) in [5.41, 5.74) is 1.03. The Hall–Kier alpha value is -1.91. The van der Waals surface area contributed by atoms with E-state index in [0.717, 1.165) is 31.2 Å². The average molecular weight is 277 g/mol. The molecule has 1 aliphatic rings. The number of carbonyl (C=O) groups is 1. The normalized spacial score (nSPS) is 17.0. The van der Waals surface area contributed by atoms with Gasteiger partial charge in [-0.15, -0.1) is 0 Å². The van der Waals surface area contributed by atoms with E-state index in [-0.39, 0.29) is 11.6 Å². The molecule has 0 radical (unpaired) electrons. The molecule has 1 unspecified atom stereocenters. The lowest BCUT2D eigenvalue weighted by Gasteiger charge is -2.18. The first-order chi connectivity index (χ1) is 9.58. The molecule has 0 aliphatic heterocycles. The van der Waals surface area contributed by atoms with Gasteiger partial charge in [0.2, 0.25) is 0 Å². The van der Waals surface area contributed by atoms with Gasteiger partial charge in [0.1, 0.15) is 0 Å². The van der Waals surface area contributed by atoms with Crippen LogP contribution < -0.4 is 0 Å². The van der Waals surface area contributed by atoms with Gasteiger partial charge in [0.25, 0.3) is 5.69 Å². The summed E-state index contributed by atoms with van der Waals surface area (Å²) < 4.78 is 0. The summed E-state index contributed by atoms with van der Waals surface area (Å²) in [4.78, 5) is 21.5. The minimum atomic E-state index is -0.709. The molecule has 1 aliphatic carbocycles. The van der Waals surface area contributed by atoms with Crippen molar-refractivity contribution in [2.45, 2.75) is 38.5 Å². The number of nitro groups is 1. The molecule has 5 nitrogen and oxygen atoms in total. The Balaban J connectivity index is 1.94. The van der Waals surface area contributed by atoms with Crippen molar-refractivity contribution in [2.75, 3.05) is 0 Å². The summed E-state index contributed by atoms with van der Waals surface area (Å²) in [6.07, 6.45) is 5.55. The standard InChI is InChI=1S/C15H19NO4/c17-15(18)14(12-3-1-2-4-12)10-7-11-5-8-13(9-6-11)16(19)20/h5-6,8-9,12,14H,1-4,7,10H2,(H,17,18). The van der Waals surface area contributed by atoms with Crippen LogP contribution in [0.2, 0.25) is 0 Å². The van der Waals surface area contributed by atoms with E-state index in [2.05, 4.69) is 0 Å². The summed E-state index contributed by atoms with van der Waals surface area (Å²) in [7, 11) is 0. The zero-order chi connectivity index (χ0) is 14.5. The highest BCUT2D eigenvalue weighted by atomic mass is 16.6. The minimum Gasteiger partial charge on any atom is -0.481 e. The number of rotatable bonds is 6. The third kappa shape index (κ3) is 3.56. The van der Waals surface area contributed by atoms with Gasteiger partial charge in [0, 0.05) is 12.1 Å². The van der Waals surface area contributed by atoms with Crippen molar-refractivity contribution in [2.24, 2.45) is 11.8 Å². The average Bonchev–Trinajstić information content (AvgIpc) is 2.93. The van der Waals surface area contributed by atoms with Crippen molar-refractivity contribution in [3.05, 3.63) is 39.9 Å². The Labute approximate surface area is 117 Å². The fraction of sp³-hybridized carbons (Fsp3) is 0.533. The number of aliphatic carboxylic acids is 1. The predicted molar refractivity (Wildman–Crippen MR) is 74.5 cm³/mol. The number of nitro benzene ring substituents is 1. The van der Waals surface area contributed by atoms with Crippen molar-refractivity contribution in [1.82, 2.24) is 0 Å². The maximum absolute atomic E-state index is 11.4. The van der Waals surface area contributed by atoms with Crippen LogP contribution in [0.25, 0.3) is 0 Å². The Morgan fingerprint density at radius 2 is 1.90 bits per heavy atom. The second-order valence-electron chi connectivity index (χ2n) is 5.45.